The van der Waals surface area contributed by atoms with Crippen molar-refractivity contribution in [1.82, 2.24) is 19.9 Å². The second-order valence-electron chi connectivity index (χ2n) is 6.72. The fourth-order valence-corrected chi connectivity index (χ4v) is 3.54. The highest BCUT2D eigenvalue weighted by atomic mass is 16.3. The molecule has 0 aliphatic carbocycles. The van der Waals surface area contributed by atoms with Crippen LogP contribution >= 0.6 is 0 Å². The molecule has 1 aliphatic rings. The molecule has 1 fully saturated rings. The van der Waals surface area contributed by atoms with Gasteiger partial charge in [-0.1, -0.05) is 13.3 Å². The Bertz CT molecular complexity index is 893. The van der Waals surface area contributed by atoms with E-state index in [1.165, 1.54) is 0 Å². The topological polar surface area (TPSA) is 90.0 Å². The highest BCUT2D eigenvalue weighted by Gasteiger charge is 2.25. The minimum absolute atomic E-state index is 0.147. The van der Waals surface area contributed by atoms with Gasteiger partial charge in [-0.2, -0.15) is 4.98 Å². The summed E-state index contributed by atoms with van der Waals surface area (Å²) in [6, 6.07) is 8.15. The van der Waals surface area contributed by atoms with Crippen molar-refractivity contribution in [1.29, 1.82) is 0 Å². The van der Waals surface area contributed by atoms with E-state index in [9.17, 15) is 5.11 Å². The Morgan fingerprint density at radius 1 is 1.31 bits per heavy atom. The van der Waals surface area contributed by atoms with E-state index < -0.39 is 0 Å². The molecule has 0 radical (unpaired) electrons. The van der Waals surface area contributed by atoms with Crippen LogP contribution in [-0.2, 0) is 6.42 Å². The lowest BCUT2D eigenvalue weighted by Gasteiger charge is -2.25. The first-order valence-corrected chi connectivity index (χ1v) is 9.22. The molecule has 3 heterocycles. The summed E-state index contributed by atoms with van der Waals surface area (Å²) in [6.45, 7) is 3.23. The van der Waals surface area contributed by atoms with Crippen LogP contribution in [0.4, 0.5) is 17.5 Å². The van der Waals surface area contributed by atoms with Crippen molar-refractivity contribution in [3.63, 3.8) is 0 Å². The van der Waals surface area contributed by atoms with Gasteiger partial charge in [-0.05, 0) is 37.5 Å². The zero-order valence-electron chi connectivity index (χ0n) is 14.9. The SMILES string of the molecule is CCCc1cc(N2CCC[C@H]2CO)nc(Nc2ccc3nc[nH]c3c2)n1. The second kappa shape index (κ2) is 7.29. The summed E-state index contributed by atoms with van der Waals surface area (Å²) in [5, 5.41) is 13.0. The molecule has 0 amide bonds. The number of benzene rings is 1. The minimum Gasteiger partial charge on any atom is -0.394 e. The molecule has 1 aromatic carbocycles. The zero-order chi connectivity index (χ0) is 17.9. The van der Waals surface area contributed by atoms with E-state index in [1.807, 2.05) is 18.2 Å². The standard InChI is InChI=1S/C19H24N6O/c1-2-4-13-10-18(25-8-3-5-15(25)11-26)24-19(22-13)23-14-6-7-16-17(9-14)21-12-20-16/h6-7,9-10,12,15,26H,2-5,8,11H2,1H3,(H,20,21)(H,22,23,24)/t15-/m0/s1. The summed E-state index contributed by atoms with van der Waals surface area (Å²) in [7, 11) is 0. The van der Waals surface area contributed by atoms with Gasteiger partial charge in [0.15, 0.2) is 0 Å². The zero-order valence-corrected chi connectivity index (χ0v) is 14.9. The number of anilines is 3. The number of aliphatic hydroxyl groups is 1. The van der Waals surface area contributed by atoms with E-state index in [0.717, 1.165) is 60.5 Å². The molecule has 1 saturated heterocycles. The first kappa shape index (κ1) is 16.8. The number of aromatic nitrogens is 4. The maximum absolute atomic E-state index is 9.65. The normalized spacial score (nSPS) is 17.2. The van der Waals surface area contributed by atoms with Gasteiger partial charge in [0.25, 0.3) is 0 Å². The van der Waals surface area contributed by atoms with E-state index in [0.29, 0.717) is 5.95 Å². The van der Waals surface area contributed by atoms with Gasteiger partial charge in [0.2, 0.25) is 5.95 Å². The van der Waals surface area contributed by atoms with Crippen molar-refractivity contribution in [2.45, 2.75) is 38.6 Å². The van der Waals surface area contributed by atoms with Crippen molar-refractivity contribution in [2.24, 2.45) is 0 Å². The van der Waals surface area contributed by atoms with Crippen molar-refractivity contribution in [3.05, 3.63) is 36.3 Å². The van der Waals surface area contributed by atoms with Gasteiger partial charge in [0.05, 0.1) is 30.0 Å². The Balaban J connectivity index is 1.65. The van der Waals surface area contributed by atoms with Crippen LogP contribution in [0.2, 0.25) is 0 Å². The van der Waals surface area contributed by atoms with Gasteiger partial charge in [-0.3, -0.25) is 0 Å². The first-order valence-electron chi connectivity index (χ1n) is 9.22. The van der Waals surface area contributed by atoms with Crippen LogP contribution in [0.5, 0.6) is 0 Å². The van der Waals surface area contributed by atoms with Crippen LogP contribution in [0, 0.1) is 0 Å². The first-order chi connectivity index (χ1) is 12.8. The number of nitrogens with zero attached hydrogens (tertiary/aromatic N) is 4. The second-order valence-corrected chi connectivity index (χ2v) is 6.72. The number of rotatable bonds is 6. The average molecular weight is 352 g/mol. The van der Waals surface area contributed by atoms with Gasteiger partial charge in [0, 0.05) is 24.0 Å². The lowest BCUT2D eigenvalue weighted by molar-refractivity contribution is 0.266. The fourth-order valence-electron chi connectivity index (χ4n) is 3.54. The number of H-pyrrole nitrogens is 1. The van der Waals surface area contributed by atoms with Crippen molar-refractivity contribution >= 4 is 28.5 Å². The van der Waals surface area contributed by atoms with Gasteiger partial charge in [-0.25, -0.2) is 9.97 Å². The van der Waals surface area contributed by atoms with Gasteiger partial charge < -0.3 is 20.3 Å². The summed E-state index contributed by atoms with van der Waals surface area (Å²) in [5.74, 6) is 1.48. The molecule has 0 unspecified atom stereocenters. The van der Waals surface area contributed by atoms with Crippen LogP contribution < -0.4 is 10.2 Å². The van der Waals surface area contributed by atoms with Crippen LogP contribution in [0.1, 0.15) is 31.9 Å². The van der Waals surface area contributed by atoms with Crippen molar-refractivity contribution < 1.29 is 5.11 Å². The van der Waals surface area contributed by atoms with Crippen LogP contribution in [0.3, 0.4) is 0 Å². The van der Waals surface area contributed by atoms with Gasteiger partial charge in [0.1, 0.15) is 5.82 Å². The highest BCUT2D eigenvalue weighted by molar-refractivity contribution is 5.79. The Morgan fingerprint density at radius 2 is 2.23 bits per heavy atom. The maximum atomic E-state index is 9.65. The molecular formula is C19H24N6O. The molecule has 0 saturated carbocycles. The van der Waals surface area contributed by atoms with Crippen molar-refractivity contribution in [3.8, 4) is 0 Å². The third kappa shape index (κ3) is 3.35. The molecule has 7 heteroatoms. The summed E-state index contributed by atoms with van der Waals surface area (Å²) in [4.78, 5) is 19.0. The number of nitrogens with one attached hydrogen (secondary N) is 2. The Kier molecular flexibility index (Phi) is 4.71. The third-order valence-electron chi connectivity index (χ3n) is 4.83. The summed E-state index contributed by atoms with van der Waals surface area (Å²) >= 11 is 0. The highest BCUT2D eigenvalue weighted by Crippen LogP contribution is 2.26. The largest absolute Gasteiger partial charge is 0.394 e. The third-order valence-corrected chi connectivity index (χ3v) is 4.83. The molecule has 26 heavy (non-hydrogen) atoms. The smallest absolute Gasteiger partial charge is 0.229 e. The Labute approximate surface area is 152 Å². The predicted octanol–water partition coefficient (Wildman–Crippen LogP) is 3.01. The molecule has 1 atom stereocenters. The Morgan fingerprint density at radius 3 is 3.08 bits per heavy atom. The number of hydrogen-bond donors (Lipinski definition) is 3. The molecule has 7 nitrogen and oxygen atoms in total. The number of aromatic amines is 1. The van der Waals surface area contributed by atoms with Gasteiger partial charge >= 0.3 is 0 Å². The fraction of sp³-hybridized carbons (Fsp3) is 0.421. The van der Waals surface area contributed by atoms with Crippen LogP contribution in [0.25, 0.3) is 11.0 Å². The van der Waals surface area contributed by atoms with E-state index >= 15 is 0 Å². The average Bonchev–Trinajstić information content (AvgIpc) is 3.30. The number of imidazole rings is 1. The van der Waals surface area contributed by atoms with E-state index in [1.54, 1.807) is 6.33 Å². The number of fused-ring (bicyclic) bond motifs is 1. The number of aryl methyl sites for hydroxylation is 1. The molecule has 3 aromatic rings. The van der Waals surface area contributed by atoms with Crippen LogP contribution in [-0.4, -0.2) is 44.2 Å². The number of hydrogen-bond acceptors (Lipinski definition) is 6. The number of aliphatic hydroxyl groups excluding tert-OH is 1. The molecule has 1 aliphatic heterocycles. The molecule has 136 valence electrons. The van der Waals surface area contributed by atoms with E-state index in [4.69, 9.17) is 4.98 Å². The summed E-state index contributed by atoms with van der Waals surface area (Å²) < 4.78 is 0. The van der Waals surface area contributed by atoms with E-state index in [2.05, 4.69) is 38.2 Å². The molecule has 0 bridgehead atoms. The molecule has 4 rings (SSSR count). The van der Waals surface area contributed by atoms with Gasteiger partial charge in [-0.15, -0.1) is 0 Å². The quantitative estimate of drug-likeness (QED) is 0.632. The van der Waals surface area contributed by atoms with Crippen LogP contribution in [0.15, 0.2) is 30.6 Å². The lowest BCUT2D eigenvalue weighted by Crippen LogP contribution is -2.33. The monoisotopic (exact) mass is 352 g/mol. The molecule has 0 spiro atoms. The minimum atomic E-state index is 0.147. The predicted molar refractivity (Wildman–Crippen MR) is 103 cm³/mol. The Hall–Kier alpha value is -2.67. The summed E-state index contributed by atoms with van der Waals surface area (Å²) in [5.41, 5.74) is 3.84. The molecule has 2 aromatic heterocycles. The van der Waals surface area contributed by atoms with E-state index in [-0.39, 0.29) is 12.6 Å². The lowest BCUT2D eigenvalue weighted by atomic mass is 10.2. The van der Waals surface area contributed by atoms with Crippen molar-refractivity contribution in [2.75, 3.05) is 23.4 Å². The summed E-state index contributed by atoms with van der Waals surface area (Å²) in [6.07, 6.45) is 5.70. The molecule has 3 N–H and O–H groups in total. The maximum Gasteiger partial charge on any atom is 0.229 e. The molecular weight excluding hydrogens is 328 g/mol.